The molecule has 0 unspecified atom stereocenters. The topological polar surface area (TPSA) is 0 Å². The standard InChI is InChI=1S/C17H14S.C2H6/c1-3-15-17(13-9-5-4-8-12(13)2)14-10-6-7-11-16(14)18-15;1-2/h3-11H,1H2,2H3;1-2H3. The lowest BCUT2D eigenvalue weighted by atomic mass is 9.98. The number of rotatable bonds is 2. The minimum atomic E-state index is 1.26. The molecule has 0 aliphatic rings. The Bertz CT molecular complexity index is 719. The number of hydrogen-bond donors (Lipinski definition) is 0. The smallest absolute Gasteiger partial charge is 0.0355 e. The first-order valence-corrected chi connectivity index (χ1v) is 7.83. The predicted octanol–water partition coefficient (Wildman–Crippen LogP) is 6.55. The molecule has 1 heterocycles. The maximum atomic E-state index is 3.95. The first kappa shape index (κ1) is 14.5. The molecule has 0 aliphatic carbocycles. The highest BCUT2D eigenvalue weighted by atomic mass is 32.1. The predicted molar refractivity (Wildman–Crippen MR) is 93.4 cm³/mol. The van der Waals surface area contributed by atoms with Gasteiger partial charge >= 0.3 is 0 Å². The molecule has 102 valence electrons. The van der Waals surface area contributed by atoms with E-state index in [-0.39, 0.29) is 0 Å². The molecule has 20 heavy (non-hydrogen) atoms. The SMILES string of the molecule is C=Cc1sc2ccccc2c1-c1ccccc1C.CC. The molecular formula is C19H20S. The summed E-state index contributed by atoms with van der Waals surface area (Å²) in [6.45, 7) is 10.1. The maximum absolute atomic E-state index is 3.95. The Morgan fingerprint density at radius 3 is 2.30 bits per heavy atom. The van der Waals surface area contributed by atoms with Crippen molar-refractivity contribution in [1.29, 1.82) is 0 Å². The fourth-order valence-electron chi connectivity index (χ4n) is 2.34. The third kappa shape index (κ3) is 2.54. The third-order valence-electron chi connectivity index (χ3n) is 3.22. The van der Waals surface area contributed by atoms with Crippen molar-refractivity contribution in [1.82, 2.24) is 0 Å². The maximum Gasteiger partial charge on any atom is 0.0355 e. The number of benzene rings is 2. The summed E-state index contributed by atoms with van der Waals surface area (Å²) in [5.41, 5.74) is 3.94. The summed E-state index contributed by atoms with van der Waals surface area (Å²) in [7, 11) is 0. The van der Waals surface area contributed by atoms with Crippen LogP contribution in [0.15, 0.2) is 55.1 Å². The number of aryl methyl sites for hydroxylation is 1. The van der Waals surface area contributed by atoms with Crippen molar-refractivity contribution in [3.63, 3.8) is 0 Å². The van der Waals surface area contributed by atoms with Gasteiger partial charge in [0.25, 0.3) is 0 Å². The molecular weight excluding hydrogens is 260 g/mol. The lowest BCUT2D eigenvalue weighted by Gasteiger charge is -2.06. The van der Waals surface area contributed by atoms with Gasteiger partial charge in [-0.25, -0.2) is 0 Å². The third-order valence-corrected chi connectivity index (χ3v) is 4.39. The molecule has 0 N–H and O–H groups in total. The first-order valence-electron chi connectivity index (χ1n) is 7.01. The van der Waals surface area contributed by atoms with Crippen LogP contribution in [-0.2, 0) is 0 Å². The molecule has 0 atom stereocenters. The van der Waals surface area contributed by atoms with E-state index in [1.807, 2.05) is 31.3 Å². The second-order valence-corrected chi connectivity index (χ2v) is 5.44. The normalized spacial score (nSPS) is 9.95. The Labute approximate surface area is 125 Å². The Hall–Kier alpha value is -1.86. The molecule has 0 spiro atoms. The number of hydrogen-bond acceptors (Lipinski definition) is 1. The van der Waals surface area contributed by atoms with Gasteiger partial charge in [-0.1, -0.05) is 69.0 Å². The van der Waals surface area contributed by atoms with Crippen molar-refractivity contribution in [2.45, 2.75) is 20.8 Å². The fourth-order valence-corrected chi connectivity index (χ4v) is 3.41. The van der Waals surface area contributed by atoms with Crippen LogP contribution in [0.2, 0.25) is 0 Å². The molecule has 0 saturated heterocycles. The van der Waals surface area contributed by atoms with Crippen LogP contribution in [0.1, 0.15) is 24.3 Å². The van der Waals surface area contributed by atoms with E-state index in [2.05, 4.69) is 62.0 Å². The minimum absolute atomic E-state index is 1.26. The summed E-state index contributed by atoms with van der Waals surface area (Å²) >= 11 is 1.81. The Balaban J connectivity index is 0.000000704. The molecule has 1 heteroatoms. The van der Waals surface area contributed by atoms with Crippen molar-refractivity contribution in [3.8, 4) is 11.1 Å². The average Bonchev–Trinajstić information content (AvgIpc) is 2.88. The Morgan fingerprint density at radius 1 is 0.950 bits per heavy atom. The molecule has 3 rings (SSSR count). The lowest BCUT2D eigenvalue weighted by molar-refractivity contribution is 1.47. The zero-order chi connectivity index (χ0) is 14.5. The molecule has 3 aromatic rings. The second kappa shape index (κ2) is 6.53. The van der Waals surface area contributed by atoms with Gasteiger partial charge < -0.3 is 0 Å². The summed E-state index contributed by atoms with van der Waals surface area (Å²) in [6.07, 6.45) is 1.96. The van der Waals surface area contributed by atoms with Crippen LogP contribution in [0.5, 0.6) is 0 Å². The van der Waals surface area contributed by atoms with Gasteiger partial charge in [-0.2, -0.15) is 0 Å². The summed E-state index contributed by atoms with van der Waals surface area (Å²) < 4.78 is 1.32. The van der Waals surface area contributed by atoms with E-state index in [0.717, 1.165) is 0 Å². The van der Waals surface area contributed by atoms with Crippen LogP contribution in [-0.4, -0.2) is 0 Å². The quantitative estimate of drug-likeness (QED) is 0.499. The molecule has 0 aliphatic heterocycles. The zero-order valence-electron chi connectivity index (χ0n) is 12.3. The molecule has 0 fully saturated rings. The summed E-state index contributed by atoms with van der Waals surface area (Å²) in [5, 5.41) is 1.33. The largest absolute Gasteiger partial charge is 0.135 e. The van der Waals surface area contributed by atoms with Crippen LogP contribution >= 0.6 is 11.3 Å². The van der Waals surface area contributed by atoms with E-state index in [4.69, 9.17) is 0 Å². The van der Waals surface area contributed by atoms with E-state index >= 15 is 0 Å². The van der Waals surface area contributed by atoms with Crippen LogP contribution in [0.25, 0.3) is 27.3 Å². The fraction of sp³-hybridized carbons (Fsp3) is 0.158. The number of fused-ring (bicyclic) bond motifs is 1. The Kier molecular flexibility index (Phi) is 4.75. The van der Waals surface area contributed by atoms with Crippen LogP contribution in [0, 0.1) is 6.92 Å². The second-order valence-electron chi connectivity index (χ2n) is 4.36. The van der Waals surface area contributed by atoms with Crippen LogP contribution < -0.4 is 0 Å². The van der Waals surface area contributed by atoms with Gasteiger partial charge in [0.2, 0.25) is 0 Å². The van der Waals surface area contributed by atoms with Gasteiger partial charge in [0.1, 0.15) is 0 Å². The van der Waals surface area contributed by atoms with E-state index in [1.165, 1.54) is 31.7 Å². The molecule has 0 bridgehead atoms. The highest BCUT2D eigenvalue weighted by Gasteiger charge is 2.12. The van der Waals surface area contributed by atoms with Crippen molar-refractivity contribution in [3.05, 3.63) is 65.6 Å². The highest BCUT2D eigenvalue weighted by Crippen LogP contribution is 2.40. The zero-order valence-corrected chi connectivity index (χ0v) is 13.1. The van der Waals surface area contributed by atoms with E-state index in [1.54, 1.807) is 0 Å². The summed E-state index contributed by atoms with van der Waals surface area (Å²) in [6, 6.07) is 17.1. The van der Waals surface area contributed by atoms with Crippen molar-refractivity contribution >= 4 is 27.5 Å². The molecule has 0 saturated carbocycles. The van der Waals surface area contributed by atoms with Gasteiger partial charge in [0.15, 0.2) is 0 Å². The van der Waals surface area contributed by atoms with Crippen molar-refractivity contribution < 1.29 is 0 Å². The van der Waals surface area contributed by atoms with E-state index in [0.29, 0.717) is 0 Å². The summed E-state index contributed by atoms with van der Waals surface area (Å²) in [5.74, 6) is 0. The Morgan fingerprint density at radius 2 is 1.60 bits per heavy atom. The van der Waals surface area contributed by atoms with Gasteiger partial charge in [0.05, 0.1) is 0 Å². The molecule has 2 aromatic carbocycles. The highest BCUT2D eigenvalue weighted by molar-refractivity contribution is 7.20. The molecule has 0 radical (unpaired) electrons. The van der Waals surface area contributed by atoms with Gasteiger partial charge in [0, 0.05) is 20.5 Å². The lowest BCUT2D eigenvalue weighted by Crippen LogP contribution is -1.82. The van der Waals surface area contributed by atoms with Gasteiger partial charge in [-0.15, -0.1) is 11.3 Å². The van der Waals surface area contributed by atoms with Crippen molar-refractivity contribution in [2.24, 2.45) is 0 Å². The molecule has 0 amide bonds. The summed E-state index contributed by atoms with van der Waals surface area (Å²) in [4.78, 5) is 1.26. The van der Waals surface area contributed by atoms with Gasteiger partial charge in [-0.3, -0.25) is 0 Å². The van der Waals surface area contributed by atoms with Crippen molar-refractivity contribution in [2.75, 3.05) is 0 Å². The van der Waals surface area contributed by atoms with Crippen LogP contribution in [0.3, 0.4) is 0 Å². The van der Waals surface area contributed by atoms with Crippen LogP contribution in [0.4, 0.5) is 0 Å². The molecule has 0 nitrogen and oxygen atoms in total. The van der Waals surface area contributed by atoms with E-state index < -0.39 is 0 Å². The monoisotopic (exact) mass is 280 g/mol. The average molecular weight is 280 g/mol. The van der Waals surface area contributed by atoms with E-state index in [9.17, 15) is 0 Å². The molecule has 1 aromatic heterocycles. The minimum Gasteiger partial charge on any atom is -0.135 e. The van der Waals surface area contributed by atoms with Gasteiger partial charge in [-0.05, 0) is 24.1 Å². The number of thiophene rings is 1. The first-order chi connectivity index (χ1) is 9.81.